The second-order valence-corrected chi connectivity index (χ2v) is 4.16. The average molecular weight is 225 g/mol. The maximum Gasteiger partial charge on any atom is 0.131 e. The van der Waals surface area contributed by atoms with Crippen molar-refractivity contribution in [1.82, 2.24) is 5.32 Å². The Hall–Kier alpha value is -1.13. The van der Waals surface area contributed by atoms with Crippen LogP contribution in [0.3, 0.4) is 0 Å². The molecule has 0 spiro atoms. The Kier molecular flexibility index (Phi) is 3.41. The molecule has 1 aliphatic carbocycles. The molecule has 0 unspecified atom stereocenters. The van der Waals surface area contributed by atoms with Crippen molar-refractivity contribution in [2.24, 2.45) is 0 Å². The van der Waals surface area contributed by atoms with E-state index in [-0.39, 0.29) is 11.9 Å². The molecule has 0 aliphatic heterocycles. The molecule has 16 heavy (non-hydrogen) atoms. The van der Waals surface area contributed by atoms with Gasteiger partial charge >= 0.3 is 0 Å². The van der Waals surface area contributed by atoms with E-state index in [1.807, 2.05) is 0 Å². The zero-order valence-electron chi connectivity index (χ0n) is 9.24. The molecule has 88 valence electrons. The molecule has 0 saturated heterocycles. The van der Waals surface area contributed by atoms with Crippen LogP contribution in [0.4, 0.5) is 4.39 Å². The molecule has 0 bridgehead atoms. The lowest BCUT2D eigenvalue weighted by molar-refractivity contribution is 0.0618. The lowest BCUT2D eigenvalue weighted by Crippen LogP contribution is -2.43. The first-order chi connectivity index (χ1) is 7.69. The van der Waals surface area contributed by atoms with Crippen LogP contribution in [0.1, 0.15) is 18.4 Å². The molecule has 1 fully saturated rings. The van der Waals surface area contributed by atoms with Crippen molar-refractivity contribution in [1.29, 1.82) is 0 Å². The summed E-state index contributed by atoms with van der Waals surface area (Å²) >= 11 is 0. The summed E-state index contributed by atoms with van der Waals surface area (Å²) < 4.78 is 18.4. The van der Waals surface area contributed by atoms with Crippen LogP contribution >= 0.6 is 0 Å². The molecule has 2 rings (SSSR count). The molecule has 2 N–H and O–H groups in total. The number of aliphatic hydroxyl groups is 1. The van der Waals surface area contributed by atoms with Crippen LogP contribution in [0, 0.1) is 5.82 Å². The summed E-state index contributed by atoms with van der Waals surface area (Å²) in [5, 5.41) is 12.3. The number of aliphatic hydroxyl groups excluding tert-OH is 1. The number of nitrogens with one attached hydrogen (secondary N) is 1. The molecule has 4 heteroatoms. The fourth-order valence-electron chi connectivity index (χ4n) is 1.81. The first kappa shape index (κ1) is 11.4. The van der Waals surface area contributed by atoms with Crippen LogP contribution in [0.25, 0.3) is 0 Å². The maximum atomic E-state index is 13.5. The van der Waals surface area contributed by atoms with Crippen molar-refractivity contribution in [2.75, 3.05) is 7.11 Å². The topological polar surface area (TPSA) is 41.5 Å². The van der Waals surface area contributed by atoms with Crippen LogP contribution in [0.2, 0.25) is 0 Å². The Morgan fingerprint density at radius 2 is 2.25 bits per heavy atom. The summed E-state index contributed by atoms with van der Waals surface area (Å²) in [6, 6.07) is 5.16. The summed E-state index contributed by atoms with van der Waals surface area (Å²) in [6.45, 7) is 0.493. The van der Waals surface area contributed by atoms with Gasteiger partial charge in [0.15, 0.2) is 0 Å². The first-order valence-corrected chi connectivity index (χ1v) is 5.43. The third kappa shape index (κ3) is 2.51. The Labute approximate surface area is 94.2 Å². The fraction of sp³-hybridized carbons (Fsp3) is 0.500. The van der Waals surface area contributed by atoms with E-state index < -0.39 is 0 Å². The zero-order chi connectivity index (χ0) is 11.5. The summed E-state index contributed by atoms with van der Waals surface area (Å²) in [5.41, 5.74) is 0.627. The van der Waals surface area contributed by atoms with Crippen molar-refractivity contribution in [3.05, 3.63) is 29.6 Å². The SMILES string of the molecule is COc1ccc(CNC2CC(O)C2)c(F)c1. The van der Waals surface area contributed by atoms with E-state index in [1.54, 1.807) is 12.1 Å². The minimum atomic E-state index is -0.258. The van der Waals surface area contributed by atoms with E-state index in [0.717, 1.165) is 12.8 Å². The van der Waals surface area contributed by atoms with E-state index in [0.29, 0.717) is 23.9 Å². The lowest BCUT2D eigenvalue weighted by Gasteiger charge is -2.32. The largest absolute Gasteiger partial charge is 0.497 e. The number of benzene rings is 1. The number of hydrogen-bond acceptors (Lipinski definition) is 3. The van der Waals surface area contributed by atoms with Gasteiger partial charge in [-0.2, -0.15) is 0 Å². The molecule has 0 atom stereocenters. The predicted octanol–water partition coefficient (Wildman–Crippen LogP) is 1.45. The third-order valence-electron chi connectivity index (χ3n) is 2.95. The second kappa shape index (κ2) is 4.80. The van der Waals surface area contributed by atoms with Gasteiger partial charge in [0.25, 0.3) is 0 Å². The molecular weight excluding hydrogens is 209 g/mol. The Bertz CT molecular complexity index is 364. The van der Waals surface area contributed by atoms with E-state index in [2.05, 4.69) is 5.32 Å². The maximum absolute atomic E-state index is 13.5. The molecule has 0 radical (unpaired) electrons. The summed E-state index contributed by atoms with van der Waals surface area (Å²) in [7, 11) is 1.52. The monoisotopic (exact) mass is 225 g/mol. The lowest BCUT2D eigenvalue weighted by atomic mass is 9.89. The van der Waals surface area contributed by atoms with Gasteiger partial charge in [0.2, 0.25) is 0 Å². The van der Waals surface area contributed by atoms with Gasteiger partial charge in [0, 0.05) is 24.2 Å². The van der Waals surface area contributed by atoms with Crippen LogP contribution in [-0.4, -0.2) is 24.4 Å². The minimum absolute atomic E-state index is 0.182. The van der Waals surface area contributed by atoms with Gasteiger partial charge in [0.05, 0.1) is 13.2 Å². The summed E-state index contributed by atoms with van der Waals surface area (Å²) in [5.74, 6) is 0.270. The van der Waals surface area contributed by atoms with Gasteiger partial charge in [-0.1, -0.05) is 6.07 Å². The van der Waals surface area contributed by atoms with Crippen molar-refractivity contribution < 1.29 is 14.2 Å². The van der Waals surface area contributed by atoms with Crippen LogP contribution < -0.4 is 10.1 Å². The highest BCUT2D eigenvalue weighted by atomic mass is 19.1. The smallest absolute Gasteiger partial charge is 0.131 e. The quantitative estimate of drug-likeness (QED) is 0.815. The predicted molar refractivity (Wildman–Crippen MR) is 58.8 cm³/mol. The minimum Gasteiger partial charge on any atom is -0.497 e. The number of methoxy groups -OCH3 is 1. The van der Waals surface area contributed by atoms with Gasteiger partial charge in [-0.25, -0.2) is 4.39 Å². The zero-order valence-corrected chi connectivity index (χ0v) is 9.24. The van der Waals surface area contributed by atoms with Gasteiger partial charge < -0.3 is 15.2 Å². The second-order valence-electron chi connectivity index (χ2n) is 4.16. The normalized spacial score (nSPS) is 23.9. The molecule has 1 aliphatic rings. The van der Waals surface area contributed by atoms with Crippen LogP contribution in [0.15, 0.2) is 18.2 Å². The Morgan fingerprint density at radius 1 is 1.50 bits per heavy atom. The summed E-state index contributed by atoms with van der Waals surface area (Å²) in [6.07, 6.45) is 1.34. The molecular formula is C12H16FNO2. The number of ether oxygens (including phenoxy) is 1. The Morgan fingerprint density at radius 3 is 2.81 bits per heavy atom. The number of halogens is 1. The van der Waals surface area contributed by atoms with E-state index in [4.69, 9.17) is 9.84 Å². The molecule has 0 amide bonds. The van der Waals surface area contributed by atoms with Crippen LogP contribution in [-0.2, 0) is 6.54 Å². The van der Waals surface area contributed by atoms with Gasteiger partial charge in [0.1, 0.15) is 11.6 Å². The molecule has 0 aromatic heterocycles. The third-order valence-corrected chi connectivity index (χ3v) is 2.95. The van der Waals surface area contributed by atoms with E-state index >= 15 is 0 Å². The van der Waals surface area contributed by atoms with Crippen molar-refractivity contribution in [3.8, 4) is 5.75 Å². The number of rotatable bonds is 4. The molecule has 1 saturated carbocycles. The number of hydrogen-bond donors (Lipinski definition) is 2. The highest BCUT2D eigenvalue weighted by molar-refractivity contribution is 5.28. The Balaban J connectivity index is 1.89. The fourth-order valence-corrected chi connectivity index (χ4v) is 1.81. The highest BCUT2D eigenvalue weighted by Gasteiger charge is 2.26. The van der Waals surface area contributed by atoms with Crippen molar-refractivity contribution >= 4 is 0 Å². The van der Waals surface area contributed by atoms with Gasteiger partial charge in [-0.15, -0.1) is 0 Å². The highest BCUT2D eigenvalue weighted by Crippen LogP contribution is 2.21. The molecule has 3 nitrogen and oxygen atoms in total. The standard InChI is InChI=1S/C12H16FNO2/c1-16-11-3-2-8(12(13)6-11)7-14-9-4-10(15)5-9/h2-3,6,9-10,14-15H,4-5,7H2,1H3. The van der Waals surface area contributed by atoms with Crippen LogP contribution in [0.5, 0.6) is 5.75 Å². The van der Waals surface area contributed by atoms with Gasteiger partial charge in [-0.05, 0) is 18.9 Å². The average Bonchev–Trinajstić information content (AvgIpc) is 2.24. The van der Waals surface area contributed by atoms with Crippen molar-refractivity contribution in [3.63, 3.8) is 0 Å². The summed E-state index contributed by atoms with van der Waals surface area (Å²) in [4.78, 5) is 0. The van der Waals surface area contributed by atoms with E-state index in [9.17, 15) is 4.39 Å². The first-order valence-electron chi connectivity index (χ1n) is 5.43. The molecule has 0 heterocycles. The van der Waals surface area contributed by atoms with E-state index in [1.165, 1.54) is 13.2 Å². The molecule has 1 aromatic rings. The molecule has 1 aromatic carbocycles. The van der Waals surface area contributed by atoms with Crippen molar-refractivity contribution in [2.45, 2.75) is 31.5 Å². The van der Waals surface area contributed by atoms with Gasteiger partial charge in [-0.3, -0.25) is 0 Å².